The van der Waals surface area contributed by atoms with Crippen molar-refractivity contribution in [1.82, 2.24) is 4.98 Å². The normalized spacial score (nSPS) is 18.9. The zero-order chi connectivity index (χ0) is 19.7. The molecule has 1 saturated heterocycles. The van der Waals surface area contributed by atoms with Crippen molar-refractivity contribution >= 4 is 27.2 Å². The Morgan fingerprint density at radius 2 is 1.93 bits per heavy atom. The van der Waals surface area contributed by atoms with Crippen molar-refractivity contribution in [3.8, 4) is 0 Å². The van der Waals surface area contributed by atoms with Crippen molar-refractivity contribution in [2.24, 2.45) is 0 Å². The number of benzene rings is 1. The van der Waals surface area contributed by atoms with Crippen LogP contribution in [0.4, 0.5) is 24.7 Å². The third-order valence-electron chi connectivity index (χ3n) is 4.09. The molecule has 1 amide bonds. The van der Waals surface area contributed by atoms with Gasteiger partial charge in [0.15, 0.2) is 9.84 Å². The number of amides is 1. The molecule has 0 radical (unpaired) electrons. The Morgan fingerprint density at radius 3 is 2.59 bits per heavy atom. The van der Waals surface area contributed by atoms with Crippen LogP contribution in [-0.2, 0) is 16.0 Å². The van der Waals surface area contributed by atoms with Gasteiger partial charge >= 0.3 is 6.18 Å². The van der Waals surface area contributed by atoms with Crippen LogP contribution in [0.15, 0.2) is 42.6 Å². The van der Waals surface area contributed by atoms with Gasteiger partial charge < -0.3 is 10.6 Å². The summed E-state index contributed by atoms with van der Waals surface area (Å²) in [6.07, 6.45) is -2.83. The van der Waals surface area contributed by atoms with E-state index < -0.39 is 27.5 Å². The number of rotatable bonds is 4. The highest BCUT2D eigenvalue weighted by atomic mass is 32.2. The number of para-hydroxylation sites is 1. The summed E-state index contributed by atoms with van der Waals surface area (Å²) in [6.45, 7) is 0. The average molecular weight is 399 g/mol. The smallest absolute Gasteiger partial charge is 0.366 e. The molecule has 1 aliphatic heterocycles. The van der Waals surface area contributed by atoms with E-state index in [1.165, 1.54) is 36.5 Å². The van der Waals surface area contributed by atoms with Crippen LogP contribution in [0.5, 0.6) is 0 Å². The topological polar surface area (TPSA) is 88.2 Å². The summed E-state index contributed by atoms with van der Waals surface area (Å²) in [4.78, 5) is 16.4. The van der Waals surface area contributed by atoms with Crippen LogP contribution in [-0.4, -0.2) is 36.9 Å². The molecule has 0 spiro atoms. The highest BCUT2D eigenvalue weighted by Gasteiger charge is 2.33. The molecule has 144 valence electrons. The Bertz CT molecular complexity index is 961. The molecule has 1 aliphatic rings. The first-order chi connectivity index (χ1) is 12.6. The number of nitrogens with zero attached hydrogens (tertiary/aromatic N) is 1. The van der Waals surface area contributed by atoms with Crippen molar-refractivity contribution in [1.29, 1.82) is 0 Å². The van der Waals surface area contributed by atoms with E-state index in [2.05, 4.69) is 15.6 Å². The van der Waals surface area contributed by atoms with E-state index in [1.54, 1.807) is 0 Å². The fraction of sp³-hybridized carbons (Fsp3) is 0.294. The zero-order valence-corrected chi connectivity index (χ0v) is 14.8. The van der Waals surface area contributed by atoms with Crippen LogP contribution in [0.3, 0.4) is 0 Å². The minimum Gasteiger partial charge on any atom is -0.366 e. The number of pyridine rings is 1. The molecular weight excluding hydrogens is 383 g/mol. The van der Waals surface area contributed by atoms with Crippen LogP contribution in [0.2, 0.25) is 0 Å². The standard InChI is InChI=1S/C17H16F3N3O3S/c18-17(19,20)13-3-1-2-4-14(13)23-16(24)11-5-7-21-15(9-11)22-12-6-8-27(25,26)10-12/h1-5,7,9,12H,6,8,10H2,(H,21,22)(H,23,24). The fourth-order valence-electron chi connectivity index (χ4n) is 2.80. The SMILES string of the molecule is O=C(Nc1ccccc1C(F)(F)F)c1ccnc(NC2CCS(=O)(=O)C2)c1. The number of carbonyl (C=O) groups excluding carboxylic acids is 1. The van der Waals surface area contributed by atoms with Crippen LogP contribution in [0, 0.1) is 0 Å². The summed E-state index contributed by atoms with van der Waals surface area (Å²) >= 11 is 0. The highest BCUT2D eigenvalue weighted by molar-refractivity contribution is 7.91. The fourth-order valence-corrected chi connectivity index (χ4v) is 4.48. The lowest BCUT2D eigenvalue weighted by molar-refractivity contribution is -0.136. The monoisotopic (exact) mass is 399 g/mol. The molecule has 1 atom stereocenters. The minimum atomic E-state index is -4.59. The second-order valence-electron chi connectivity index (χ2n) is 6.17. The molecule has 1 fully saturated rings. The van der Waals surface area contributed by atoms with Crippen LogP contribution < -0.4 is 10.6 Å². The molecule has 1 aromatic carbocycles. The van der Waals surface area contributed by atoms with Crippen molar-refractivity contribution in [3.05, 3.63) is 53.7 Å². The van der Waals surface area contributed by atoms with Gasteiger partial charge in [-0.25, -0.2) is 13.4 Å². The summed E-state index contributed by atoms with van der Waals surface area (Å²) < 4.78 is 62.1. The molecule has 6 nitrogen and oxygen atoms in total. The predicted octanol–water partition coefficient (Wildman–Crippen LogP) is 2.95. The first-order valence-corrected chi connectivity index (χ1v) is 9.87. The molecular formula is C17H16F3N3O3S. The van der Waals surface area contributed by atoms with Gasteiger partial charge in [-0.3, -0.25) is 4.79 Å². The maximum Gasteiger partial charge on any atom is 0.418 e. The molecule has 0 saturated carbocycles. The lowest BCUT2D eigenvalue weighted by Gasteiger charge is -2.14. The number of hydrogen-bond donors (Lipinski definition) is 2. The Labute approximate surface area is 153 Å². The van der Waals surface area contributed by atoms with Gasteiger partial charge in [-0.15, -0.1) is 0 Å². The molecule has 1 aromatic heterocycles. The average Bonchev–Trinajstić information content (AvgIpc) is 2.93. The maximum atomic E-state index is 13.0. The molecule has 2 heterocycles. The Hall–Kier alpha value is -2.62. The molecule has 0 bridgehead atoms. The van der Waals surface area contributed by atoms with Gasteiger partial charge in [0.05, 0.1) is 22.8 Å². The van der Waals surface area contributed by atoms with Crippen LogP contribution >= 0.6 is 0 Å². The van der Waals surface area contributed by atoms with Gasteiger partial charge in [-0.2, -0.15) is 13.2 Å². The van der Waals surface area contributed by atoms with E-state index in [9.17, 15) is 26.4 Å². The van der Waals surface area contributed by atoms with E-state index in [0.29, 0.717) is 6.42 Å². The van der Waals surface area contributed by atoms with E-state index >= 15 is 0 Å². The quantitative estimate of drug-likeness (QED) is 0.825. The van der Waals surface area contributed by atoms with Crippen molar-refractivity contribution in [3.63, 3.8) is 0 Å². The van der Waals surface area contributed by atoms with Gasteiger partial charge in [0.2, 0.25) is 0 Å². The van der Waals surface area contributed by atoms with E-state index in [1.807, 2.05) is 0 Å². The zero-order valence-electron chi connectivity index (χ0n) is 14.0. The highest BCUT2D eigenvalue weighted by Crippen LogP contribution is 2.34. The van der Waals surface area contributed by atoms with E-state index in [4.69, 9.17) is 0 Å². The molecule has 1 unspecified atom stereocenters. The number of halogens is 3. The minimum absolute atomic E-state index is 0.0237. The van der Waals surface area contributed by atoms with E-state index in [0.717, 1.165) is 6.07 Å². The van der Waals surface area contributed by atoms with Gasteiger partial charge in [0.1, 0.15) is 5.82 Å². The first-order valence-electron chi connectivity index (χ1n) is 8.05. The molecule has 3 rings (SSSR count). The third kappa shape index (κ3) is 4.76. The Kier molecular flexibility index (Phi) is 5.09. The van der Waals surface area contributed by atoms with Crippen molar-refractivity contribution < 1.29 is 26.4 Å². The van der Waals surface area contributed by atoms with Gasteiger partial charge in [-0.05, 0) is 30.7 Å². The molecule has 2 aromatic rings. The van der Waals surface area contributed by atoms with Gasteiger partial charge in [-0.1, -0.05) is 12.1 Å². The number of carbonyl (C=O) groups is 1. The number of alkyl halides is 3. The summed E-state index contributed by atoms with van der Waals surface area (Å²) in [5.74, 6) is -0.381. The third-order valence-corrected chi connectivity index (χ3v) is 5.86. The maximum absolute atomic E-state index is 13.0. The Balaban J connectivity index is 1.75. The number of nitrogens with one attached hydrogen (secondary N) is 2. The lowest BCUT2D eigenvalue weighted by atomic mass is 10.1. The van der Waals surface area contributed by atoms with Gasteiger partial charge in [0.25, 0.3) is 5.91 Å². The Morgan fingerprint density at radius 1 is 1.19 bits per heavy atom. The predicted molar refractivity (Wildman–Crippen MR) is 94.3 cm³/mol. The molecule has 10 heteroatoms. The molecule has 27 heavy (non-hydrogen) atoms. The summed E-state index contributed by atoms with van der Waals surface area (Å²) in [5.41, 5.74) is -1.18. The van der Waals surface area contributed by atoms with Crippen LogP contribution in [0.25, 0.3) is 0 Å². The summed E-state index contributed by atoms with van der Waals surface area (Å²) in [7, 11) is -3.08. The van der Waals surface area contributed by atoms with Gasteiger partial charge in [0, 0.05) is 17.8 Å². The molecule has 0 aliphatic carbocycles. The summed E-state index contributed by atoms with van der Waals surface area (Å²) in [5, 5.41) is 5.20. The number of aromatic nitrogens is 1. The summed E-state index contributed by atoms with van der Waals surface area (Å²) in [6, 6.07) is 7.11. The molecule has 2 N–H and O–H groups in total. The lowest BCUT2D eigenvalue weighted by Crippen LogP contribution is -2.22. The number of hydrogen-bond acceptors (Lipinski definition) is 5. The largest absolute Gasteiger partial charge is 0.418 e. The van der Waals surface area contributed by atoms with Crippen molar-refractivity contribution in [2.75, 3.05) is 22.1 Å². The van der Waals surface area contributed by atoms with Crippen LogP contribution in [0.1, 0.15) is 22.3 Å². The van der Waals surface area contributed by atoms with E-state index in [-0.39, 0.29) is 34.6 Å². The second kappa shape index (κ2) is 7.18. The van der Waals surface area contributed by atoms with Crippen molar-refractivity contribution in [2.45, 2.75) is 18.6 Å². The number of anilines is 2. The second-order valence-corrected chi connectivity index (χ2v) is 8.40. The number of sulfone groups is 1. The first kappa shape index (κ1) is 19.2.